The molecule has 3 aromatic rings. The highest BCUT2D eigenvalue weighted by Crippen LogP contribution is 2.16. The first-order chi connectivity index (χ1) is 11.7. The number of hydrogen-bond acceptors (Lipinski definition) is 5. The molecule has 122 valence electrons. The molecule has 24 heavy (non-hydrogen) atoms. The van der Waals surface area contributed by atoms with E-state index in [1.54, 1.807) is 17.6 Å². The Morgan fingerprint density at radius 2 is 1.83 bits per heavy atom. The minimum Gasteiger partial charge on any atom is -0.349 e. The van der Waals surface area contributed by atoms with Gasteiger partial charge < -0.3 is 10.6 Å². The first-order valence-electron chi connectivity index (χ1n) is 7.31. The molecular weight excluding hydrogens is 326 g/mol. The lowest BCUT2D eigenvalue weighted by atomic mass is 10.1. The van der Waals surface area contributed by atoms with Gasteiger partial charge in [-0.25, -0.2) is 4.98 Å². The summed E-state index contributed by atoms with van der Waals surface area (Å²) >= 11 is 1.27. The molecule has 0 aliphatic rings. The van der Waals surface area contributed by atoms with Crippen LogP contribution < -0.4 is 10.6 Å². The number of nitrogens with one attached hydrogen (secondary N) is 3. The van der Waals surface area contributed by atoms with Crippen LogP contribution in [0.25, 0.3) is 11.3 Å². The Balaban J connectivity index is 1.47. The highest BCUT2D eigenvalue weighted by Gasteiger charge is 2.11. The standard InChI is InChI=1S/C16H15N5O2S/c22-14(17-6-7-18-15(23)16-19-8-9-24-16)13-10-12(20-21-13)11-4-2-1-3-5-11/h1-5,8-10H,6-7H2,(H,17,22)(H,18,23)(H,20,21). The van der Waals surface area contributed by atoms with Gasteiger partial charge in [-0.1, -0.05) is 30.3 Å². The summed E-state index contributed by atoms with van der Waals surface area (Å²) in [7, 11) is 0. The van der Waals surface area contributed by atoms with Crippen molar-refractivity contribution in [2.24, 2.45) is 0 Å². The smallest absolute Gasteiger partial charge is 0.280 e. The molecule has 3 N–H and O–H groups in total. The van der Waals surface area contributed by atoms with Gasteiger partial charge in [0.25, 0.3) is 11.8 Å². The average Bonchev–Trinajstić information content (AvgIpc) is 3.31. The Morgan fingerprint density at radius 3 is 2.54 bits per heavy atom. The maximum absolute atomic E-state index is 12.1. The van der Waals surface area contributed by atoms with Crippen molar-refractivity contribution in [2.75, 3.05) is 13.1 Å². The fourth-order valence-electron chi connectivity index (χ4n) is 2.05. The lowest BCUT2D eigenvalue weighted by Gasteiger charge is -2.04. The van der Waals surface area contributed by atoms with Crippen LogP contribution in [0.2, 0.25) is 0 Å². The molecule has 8 heteroatoms. The molecule has 0 aliphatic carbocycles. The summed E-state index contributed by atoms with van der Waals surface area (Å²) in [4.78, 5) is 27.7. The van der Waals surface area contributed by atoms with Crippen LogP contribution in [0.15, 0.2) is 48.0 Å². The Labute approximate surface area is 142 Å². The van der Waals surface area contributed by atoms with Crippen LogP contribution in [0, 0.1) is 0 Å². The van der Waals surface area contributed by atoms with Crippen LogP contribution in [-0.4, -0.2) is 40.1 Å². The maximum Gasteiger partial charge on any atom is 0.280 e. The van der Waals surface area contributed by atoms with Gasteiger partial charge in [0.2, 0.25) is 0 Å². The predicted octanol–water partition coefficient (Wildman–Crippen LogP) is 1.69. The van der Waals surface area contributed by atoms with Crippen molar-refractivity contribution in [3.8, 4) is 11.3 Å². The van der Waals surface area contributed by atoms with E-state index in [0.29, 0.717) is 29.5 Å². The van der Waals surface area contributed by atoms with E-state index in [0.717, 1.165) is 5.56 Å². The number of H-pyrrole nitrogens is 1. The van der Waals surface area contributed by atoms with Gasteiger partial charge in [0.05, 0.1) is 5.69 Å². The Hall–Kier alpha value is -3.00. The number of rotatable bonds is 6. The summed E-state index contributed by atoms with van der Waals surface area (Å²) < 4.78 is 0. The molecule has 3 rings (SSSR count). The van der Waals surface area contributed by atoms with Crippen LogP contribution in [-0.2, 0) is 0 Å². The number of aromatic nitrogens is 3. The topological polar surface area (TPSA) is 99.8 Å². The molecule has 2 amide bonds. The molecule has 0 atom stereocenters. The largest absolute Gasteiger partial charge is 0.349 e. The van der Waals surface area contributed by atoms with Crippen molar-refractivity contribution < 1.29 is 9.59 Å². The van der Waals surface area contributed by atoms with Gasteiger partial charge in [-0.2, -0.15) is 5.10 Å². The van der Waals surface area contributed by atoms with Crippen molar-refractivity contribution in [1.82, 2.24) is 25.8 Å². The number of nitrogens with zero attached hydrogens (tertiary/aromatic N) is 2. The van der Waals surface area contributed by atoms with E-state index < -0.39 is 0 Å². The highest BCUT2D eigenvalue weighted by atomic mass is 32.1. The van der Waals surface area contributed by atoms with Crippen molar-refractivity contribution in [3.05, 3.63) is 58.7 Å². The molecule has 0 fully saturated rings. The number of carbonyl (C=O) groups excluding carboxylic acids is 2. The summed E-state index contributed by atoms with van der Waals surface area (Å²) in [6.07, 6.45) is 1.57. The van der Waals surface area contributed by atoms with E-state index in [-0.39, 0.29) is 11.8 Å². The molecule has 1 aromatic carbocycles. The molecule has 0 unspecified atom stereocenters. The minimum absolute atomic E-state index is 0.243. The SMILES string of the molecule is O=C(NCCNC(=O)c1nccs1)c1cc(-c2ccccc2)n[nH]1. The quantitative estimate of drug-likeness (QED) is 0.594. The summed E-state index contributed by atoms with van der Waals surface area (Å²) in [5.74, 6) is -0.514. The van der Waals surface area contributed by atoms with Crippen molar-refractivity contribution in [3.63, 3.8) is 0 Å². The van der Waals surface area contributed by atoms with E-state index in [1.165, 1.54) is 11.3 Å². The molecular formula is C16H15N5O2S. The van der Waals surface area contributed by atoms with Crippen molar-refractivity contribution in [1.29, 1.82) is 0 Å². The van der Waals surface area contributed by atoms with Crippen LogP contribution in [0.5, 0.6) is 0 Å². The van der Waals surface area contributed by atoms with Crippen LogP contribution in [0.1, 0.15) is 20.3 Å². The van der Waals surface area contributed by atoms with Crippen LogP contribution in [0.4, 0.5) is 0 Å². The van der Waals surface area contributed by atoms with Gasteiger partial charge >= 0.3 is 0 Å². The molecule has 0 aliphatic heterocycles. The number of hydrogen-bond donors (Lipinski definition) is 3. The summed E-state index contributed by atoms with van der Waals surface area (Å²) in [5, 5.41) is 14.4. The first-order valence-corrected chi connectivity index (χ1v) is 8.19. The summed E-state index contributed by atoms with van der Waals surface area (Å²) in [6, 6.07) is 11.3. The fourth-order valence-corrected chi connectivity index (χ4v) is 2.60. The predicted molar refractivity (Wildman–Crippen MR) is 90.8 cm³/mol. The van der Waals surface area contributed by atoms with Gasteiger partial charge in [-0.3, -0.25) is 14.7 Å². The molecule has 0 radical (unpaired) electrons. The number of amides is 2. The lowest BCUT2D eigenvalue weighted by Crippen LogP contribution is -2.34. The average molecular weight is 341 g/mol. The van der Waals surface area contributed by atoms with E-state index in [2.05, 4.69) is 25.8 Å². The Bertz CT molecular complexity index is 814. The second-order valence-corrected chi connectivity index (χ2v) is 5.78. The third-order valence-corrected chi connectivity index (χ3v) is 3.99. The highest BCUT2D eigenvalue weighted by molar-refractivity contribution is 7.11. The normalized spacial score (nSPS) is 10.3. The van der Waals surface area contributed by atoms with Gasteiger partial charge in [-0.15, -0.1) is 11.3 Å². The second-order valence-electron chi connectivity index (χ2n) is 4.88. The monoisotopic (exact) mass is 341 g/mol. The Kier molecular flexibility index (Phi) is 4.97. The van der Waals surface area contributed by atoms with E-state index in [9.17, 15) is 9.59 Å². The number of aromatic amines is 1. The second kappa shape index (κ2) is 7.51. The molecule has 0 bridgehead atoms. The minimum atomic E-state index is -0.270. The number of thiazole rings is 1. The van der Waals surface area contributed by atoms with Gasteiger partial charge in [0, 0.05) is 30.2 Å². The third-order valence-electron chi connectivity index (χ3n) is 3.21. The number of benzene rings is 1. The molecule has 0 saturated heterocycles. The van der Waals surface area contributed by atoms with Gasteiger partial charge in [0.1, 0.15) is 5.69 Å². The summed E-state index contributed by atoms with van der Waals surface area (Å²) in [5.41, 5.74) is 2.02. The fraction of sp³-hybridized carbons (Fsp3) is 0.125. The molecule has 7 nitrogen and oxygen atoms in total. The summed E-state index contributed by atoms with van der Waals surface area (Å²) in [6.45, 7) is 0.638. The molecule has 0 spiro atoms. The van der Waals surface area contributed by atoms with Gasteiger partial charge in [0.15, 0.2) is 5.01 Å². The number of carbonyl (C=O) groups is 2. The van der Waals surface area contributed by atoms with E-state index in [4.69, 9.17) is 0 Å². The third kappa shape index (κ3) is 3.85. The first kappa shape index (κ1) is 15.9. The van der Waals surface area contributed by atoms with Crippen molar-refractivity contribution >= 4 is 23.2 Å². The zero-order valence-corrected chi connectivity index (χ0v) is 13.5. The molecule has 2 heterocycles. The Morgan fingerprint density at radius 1 is 1.08 bits per heavy atom. The lowest BCUT2D eigenvalue weighted by molar-refractivity contribution is 0.0925. The zero-order chi connectivity index (χ0) is 16.8. The van der Waals surface area contributed by atoms with Crippen molar-refractivity contribution in [2.45, 2.75) is 0 Å². The maximum atomic E-state index is 12.1. The molecule has 2 aromatic heterocycles. The molecule has 0 saturated carbocycles. The van der Waals surface area contributed by atoms with Crippen LogP contribution in [0.3, 0.4) is 0 Å². The van der Waals surface area contributed by atoms with E-state index in [1.807, 2.05) is 30.3 Å². The van der Waals surface area contributed by atoms with Crippen LogP contribution >= 0.6 is 11.3 Å². The van der Waals surface area contributed by atoms with Gasteiger partial charge in [-0.05, 0) is 6.07 Å². The zero-order valence-electron chi connectivity index (χ0n) is 12.7. The van der Waals surface area contributed by atoms with E-state index >= 15 is 0 Å².